The van der Waals surface area contributed by atoms with Crippen molar-refractivity contribution in [1.82, 2.24) is 4.31 Å². The van der Waals surface area contributed by atoms with Gasteiger partial charge in [-0.15, -0.1) is 0 Å². The van der Waals surface area contributed by atoms with Gasteiger partial charge in [-0.25, -0.2) is 12.8 Å². The molecule has 1 aliphatic rings. The lowest BCUT2D eigenvalue weighted by atomic mass is 10.1. The third kappa shape index (κ3) is 3.36. The zero-order valence-corrected chi connectivity index (χ0v) is 14.5. The van der Waals surface area contributed by atoms with E-state index < -0.39 is 15.8 Å². The van der Waals surface area contributed by atoms with Crippen LogP contribution in [0, 0.1) is 19.7 Å². The van der Waals surface area contributed by atoms with Gasteiger partial charge in [-0.05, 0) is 43.2 Å². The van der Waals surface area contributed by atoms with Gasteiger partial charge in [0.2, 0.25) is 10.0 Å². The van der Waals surface area contributed by atoms with E-state index in [1.165, 1.54) is 22.5 Å². The van der Waals surface area contributed by atoms with Gasteiger partial charge in [0.1, 0.15) is 5.82 Å². The number of hydrogen-bond donors (Lipinski definition) is 0. The average Bonchev–Trinajstić information content (AvgIpc) is 2.58. The smallest absolute Gasteiger partial charge is 0.243 e. The summed E-state index contributed by atoms with van der Waals surface area (Å²) < 4.78 is 46.2. The summed E-state index contributed by atoms with van der Waals surface area (Å²) in [5.41, 5.74) is 2.41. The van der Waals surface area contributed by atoms with Crippen LogP contribution in [0.15, 0.2) is 47.4 Å². The Balaban J connectivity index is 1.85. The molecule has 0 saturated carbocycles. The first-order valence-electron chi connectivity index (χ1n) is 7.82. The number of benzene rings is 2. The van der Waals surface area contributed by atoms with E-state index in [0.717, 1.165) is 11.1 Å². The molecule has 128 valence electrons. The zero-order valence-electron chi connectivity index (χ0n) is 13.7. The highest BCUT2D eigenvalue weighted by Crippen LogP contribution is 2.27. The third-order valence-corrected chi connectivity index (χ3v) is 6.11. The van der Waals surface area contributed by atoms with Crippen LogP contribution < -0.4 is 0 Å². The monoisotopic (exact) mass is 349 g/mol. The minimum absolute atomic E-state index is 0.117. The summed E-state index contributed by atoms with van der Waals surface area (Å²) in [4.78, 5) is 0.117. The van der Waals surface area contributed by atoms with Crippen molar-refractivity contribution in [3.63, 3.8) is 0 Å². The summed E-state index contributed by atoms with van der Waals surface area (Å²) in [6.07, 6.45) is -0.296. The summed E-state index contributed by atoms with van der Waals surface area (Å²) >= 11 is 0. The Hall–Kier alpha value is -1.76. The Morgan fingerprint density at radius 1 is 1.12 bits per heavy atom. The van der Waals surface area contributed by atoms with Crippen molar-refractivity contribution in [3.05, 3.63) is 65.0 Å². The fourth-order valence-electron chi connectivity index (χ4n) is 2.75. The summed E-state index contributed by atoms with van der Waals surface area (Å²) in [5, 5.41) is 0. The van der Waals surface area contributed by atoms with Gasteiger partial charge in [-0.2, -0.15) is 4.31 Å². The molecule has 1 heterocycles. The SMILES string of the molecule is Cc1ccc(C2CN(S(=O)(=O)c3ccc(F)c(C)c3)CCO2)cc1. The van der Waals surface area contributed by atoms with Crippen LogP contribution in [-0.2, 0) is 14.8 Å². The van der Waals surface area contributed by atoms with Crippen molar-refractivity contribution in [2.45, 2.75) is 24.8 Å². The molecule has 6 heteroatoms. The highest BCUT2D eigenvalue weighted by Gasteiger charge is 2.31. The van der Waals surface area contributed by atoms with Gasteiger partial charge in [0.05, 0.1) is 17.6 Å². The number of rotatable bonds is 3. The van der Waals surface area contributed by atoms with E-state index in [-0.39, 0.29) is 17.5 Å². The summed E-state index contributed by atoms with van der Waals surface area (Å²) in [6, 6.07) is 11.8. The second-order valence-electron chi connectivity index (χ2n) is 6.04. The van der Waals surface area contributed by atoms with Crippen molar-refractivity contribution in [2.24, 2.45) is 0 Å². The van der Waals surface area contributed by atoms with Gasteiger partial charge >= 0.3 is 0 Å². The Bertz CT molecular complexity index is 834. The molecule has 0 aliphatic carbocycles. The number of ether oxygens (including phenoxy) is 1. The number of hydrogen-bond acceptors (Lipinski definition) is 3. The maximum atomic E-state index is 13.4. The van der Waals surface area contributed by atoms with Crippen molar-refractivity contribution in [2.75, 3.05) is 19.7 Å². The first-order chi connectivity index (χ1) is 11.4. The Kier molecular flexibility index (Phi) is 4.71. The second-order valence-corrected chi connectivity index (χ2v) is 7.98. The van der Waals surface area contributed by atoms with Gasteiger partial charge in [-0.1, -0.05) is 29.8 Å². The molecule has 1 aliphatic heterocycles. The molecule has 0 spiro atoms. The van der Waals surface area contributed by atoms with Crippen LogP contribution in [0.25, 0.3) is 0 Å². The first-order valence-corrected chi connectivity index (χ1v) is 9.26. The summed E-state index contributed by atoms with van der Waals surface area (Å²) in [7, 11) is -3.66. The van der Waals surface area contributed by atoms with Crippen LogP contribution in [0.4, 0.5) is 4.39 Å². The predicted molar refractivity (Wildman–Crippen MR) is 89.8 cm³/mol. The number of aryl methyl sites for hydroxylation is 2. The lowest BCUT2D eigenvalue weighted by molar-refractivity contribution is -0.00256. The lowest BCUT2D eigenvalue weighted by Crippen LogP contribution is -2.42. The molecule has 24 heavy (non-hydrogen) atoms. The average molecular weight is 349 g/mol. The summed E-state index contributed by atoms with van der Waals surface area (Å²) in [5.74, 6) is -0.409. The first kappa shape index (κ1) is 17.1. The number of morpholine rings is 1. The van der Waals surface area contributed by atoms with Crippen molar-refractivity contribution >= 4 is 10.0 Å². The number of nitrogens with zero attached hydrogens (tertiary/aromatic N) is 1. The van der Waals surface area contributed by atoms with E-state index in [1.54, 1.807) is 6.92 Å². The Morgan fingerprint density at radius 3 is 2.50 bits per heavy atom. The standard InChI is InChI=1S/C18H20FNO3S/c1-13-3-5-15(6-4-13)18-12-20(9-10-23-18)24(21,22)16-7-8-17(19)14(2)11-16/h3-8,11,18H,9-10,12H2,1-2H3. The molecule has 2 aromatic carbocycles. The topological polar surface area (TPSA) is 46.6 Å². The van der Waals surface area contributed by atoms with Crippen LogP contribution in [0.5, 0.6) is 0 Å². The highest BCUT2D eigenvalue weighted by atomic mass is 32.2. The molecule has 0 aromatic heterocycles. The fourth-order valence-corrected chi connectivity index (χ4v) is 4.26. The molecular formula is C18H20FNO3S. The largest absolute Gasteiger partial charge is 0.371 e. The van der Waals surface area contributed by atoms with E-state index in [4.69, 9.17) is 4.74 Å². The van der Waals surface area contributed by atoms with E-state index >= 15 is 0 Å². The molecule has 1 saturated heterocycles. The number of halogens is 1. The van der Waals surface area contributed by atoms with Gasteiger partial charge in [0.25, 0.3) is 0 Å². The molecule has 4 nitrogen and oxygen atoms in total. The minimum atomic E-state index is -3.66. The molecule has 0 N–H and O–H groups in total. The Labute approximate surface area is 141 Å². The quantitative estimate of drug-likeness (QED) is 0.855. The van der Waals surface area contributed by atoms with Gasteiger partial charge in [0, 0.05) is 13.1 Å². The van der Waals surface area contributed by atoms with Crippen LogP contribution >= 0.6 is 0 Å². The predicted octanol–water partition coefficient (Wildman–Crippen LogP) is 3.20. The van der Waals surface area contributed by atoms with Crippen molar-refractivity contribution in [3.8, 4) is 0 Å². The van der Waals surface area contributed by atoms with E-state index in [9.17, 15) is 12.8 Å². The minimum Gasteiger partial charge on any atom is -0.371 e. The molecule has 0 bridgehead atoms. The van der Waals surface area contributed by atoms with Crippen LogP contribution in [0.1, 0.15) is 22.8 Å². The highest BCUT2D eigenvalue weighted by molar-refractivity contribution is 7.89. The van der Waals surface area contributed by atoms with E-state index in [2.05, 4.69) is 0 Å². The maximum absolute atomic E-state index is 13.4. The maximum Gasteiger partial charge on any atom is 0.243 e. The molecule has 1 unspecified atom stereocenters. The molecular weight excluding hydrogens is 329 g/mol. The molecule has 1 atom stereocenters. The van der Waals surface area contributed by atoms with Crippen molar-refractivity contribution < 1.29 is 17.5 Å². The van der Waals surface area contributed by atoms with Crippen LogP contribution in [0.3, 0.4) is 0 Å². The summed E-state index contributed by atoms with van der Waals surface area (Å²) in [6.45, 7) is 4.43. The van der Waals surface area contributed by atoms with Gasteiger partial charge in [-0.3, -0.25) is 0 Å². The van der Waals surface area contributed by atoms with Crippen LogP contribution in [-0.4, -0.2) is 32.4 Å². The molecule has 0 radical (unpaired) electrons. The normalized spacial score (nSPS) is 19.4. The number of sulfonamides is 1. The third-order valence-electron chi connectivity index (χ3n) is 4.25. The molecule has 3 rings (SSSR count). The van der Waals surface area contributed by atoms with E-state index in [1.807, 2.05) is 31.2 Å². The zero-order chi connectivity index (χ0) is 17.3. The van der Waals surface area contributed by atoms with Crippen molar-refractivity contribution in [1.29, 1.82) is 0 Å². The van der Waals surface area contributed by atoms with Crippen LogP contribution in [0.2, 0.25) is 0 Å². The second kappa shape index (κ2) is 6.63. The van der Waals surface area contributed by atoms with E-state index in [0.29, 0.717) is 18.7 Å². The van der Waals surface area contributed by atoms with Gasteiger partial charge in [0.15, 0.2) is 0 Å². The van der Waals surface area contributed by atoms with Gasteiger partial charge < -0.3 is 4.74 Å². The fraction of sp³-hybridized carbons (Fsp3) is 0.333. The molecule has 1 fully saturated rings. The lowest BCUT2D eigenvalue weighted by Gasteiger charge is -2.32. The molecule has 2 aromatic rings. The Morgan fingerprint density at radius 2 is 1.83 bits per heavy atom. The molecule has 0 amide bonds.